The summed E-state index contributed by atoms with van der Waals surface area (Å²) in [5.41, 5.74) is 0.143. The lowest BCUT2D eigenvalue weighted by molar-refractivity contribution is 0.0696. The second-order valence-corrected chi connectivity index (χ2v) is 5.24. The Kier molecular flexibility index (Phi) is 5.16. The van der Waals surface area contributed by atoms with E-state index in [1.807, 2.05) is 0 Å². The number of benzene rings is 2. The third-order valence-electron chi connectivity index (χ3n) is 2.58. The van der Waals surface area contributed by atoms with E-state index in [1.165, 1.54) is 36.0 Å². The summed E-state index contributed by atoms with van der Waals surface area (Å²) in [5.74, 6) is -1.34. The van der Waals surface area contributed by atoms with Crippen molar-refractivity contribution in [3.05, 3.63) is 59.7 Å². The summed E-state index contributed by atoms with van der Waals surface area (Å²) in [6.45, 7) is 0.282. The number of hydrogen-bond donors (Lipinski definition) is 1. The van der Waals surface area contributed by atoms with Crippen LogP contribution in [-0.4, -0.2) is 23.4 Å². The van der Waals surface area contributed by atoms with Crippen LogP contribution >= 0.6 is 11.8 Å². The first-order chi connectivity index (χ1) is 10.1. The van der Waals surface area contributed by atoms with Crippen LogP contribution < -0.4 is 4.74 Å². The van der Waals surface area contributed by atoms with E-state index in [4.69, 9.17) is 9.84 Å². The van der Waals surface area contributed by atoms with Gasteiger partial charge in [0.1, 0.15) is 17.4 Å². The maximum atomic E-state index is 13.4. The number of rotatable bonds is 6. The molecule has 0 aromatic heterocycles. The Labute approximate surface area is 124 Å². The molecule has 3 nitrogen and oxygen atoms in total. The molecule has 0 fully saturated rings. The van der Waals surface area contributed by atoms with Crippen molar-refractivity contribution in [2.24, 2.45) is 0 Å². The molecule has 0 unspecified atom stereocenters. The number of ether oxygens (including phenoxy) is 1. The van der Waals surface area contributed by atoms with Gasteiger partial charge in [-0.2, -0.15) is 0 Å². The van der Waals surface area contributed by atoms with Crippen LogP contribution in [0.2, 0.25) is 0 Å². The van der Waals surface area contributed by atoms with Crippen molar-refractivity contribution < 1.29 is 23.4 Å². The lowest BCUT2D eigenvalue weighted by atomic mass is 10.2. The average molecular weight is 310 g/mol. The van der Waals surface area contributed by atoms with Crippen LogP contribution in [0.4, 0.5) is 8.78 Å². The Morgan fingerprint density at radius 1 is 1.19 bits per heavy atom. The summed E-state index contributed by atoms with van der Waals surface area (Å²) in [4.78, 5) is 11.1. The van der Waals surface area contributed by atoms with Gasteiger partial charge in [0.05, 0.1) is 12.2 Å². The maximum Gasteiger partial charge on any atom is 0.335 e. The van der Waals surface area contributed by atoms with E-state index in [0.717, 1.165) is 6.07 Å². The van der Waals surface area contributed by atoms with Crippen molar-refractivity contribution in [1.29, 1.82) is 0 Å². The second kappa shape index (κ2) is 7.08. The molecule has 110 valence electrons. The largest absolute Gasteiger partial charge is 0.493 e. The monoisotopic (exact) mass is 310 g/mol. The Morgan fingerprint density at radius 3 is 2.71 bits per heavy atom. The lowest BCUT2D eigenvalue weighted by Crippen LogP contribution is -2.02. The summed E-state index contributed by atoms with van der Waals surface area (Å²) in [6.07, 6.45) is 0. The summed E-state index contributed by atoms with van der Waals surface area (Å²) in [7, 11) is 0. The lowest BCUT2D eigenvalue weighted by Gasteiger charge is -2.07. The summed E-state index contributed by atoms with van der Waals surface area (Å²) in [5, 5.41) is 8.85. The molecular weight excluding hydrogens is 298 g/mol. The van der Waals surface area contributed by atoms with Crippen LogP contribution in [0, 0.1) is 11.6 Å². The molecule has 21 heavy (non-hydrogen) atoms. The van der Waals surface area contributed by atoms with E-state index >= 15 is 0 Å². The molecule has 2 aromatic carbocycles. The smallest absolute Gasteiger partial charge is 0.335 e. The van der Waals surface area contributed by atoms with Crippen molar-refractivity contribution in [3.63, 3.8) is 0 Å². The second-order valence-electron chi connectivity index (χ2n) is 4.10. The Balaban J connectivity index is 1.84. The number of halogens is 2. The van der Waals surface area contributed by atoms with Crippen LogP contribution in [0.5, 0.6) is 5.75 Å². The highest BCUT2D eigenvalue weighted by atomic mass is 32.2. The molecule has 0 amide bonds. The highest BCUT2D eigenvalue weighted by molar-refractivity contribution is 7.99. The zero-order valence-corrected chi connectivity index (χ0v) is 11.7. The molecule has 0 bridgehead atoms. The van der Waals surface area contributed by atoms with Gasteiger partial charge in [-0.1, -0.05) is 6.07 Å². The number of carboxylic acids is 1. The van der Waals surface area contributed by atoms with Gasteiger partial charge in [-0.05, 0) is 30.3 Å². The number of hydrogen-bond acceptors (Lipinski definition) is 3. The van der Waals surface area contributed by atoms with Crippen molar-refractivity contribution in [3.8, 4) is 5.75 Å². The van der Waals surface area contributed by atoms with Crippen molar-refractivity contribution in [2.45, 2.75) is 4.90 Å². The normalized spacial score (nSPS) is 10.4. The van der Waals surface area contributed by atoms with Gasteiger partial charge in [0.2, 0.25) is 0 Å². The van der Waals surface area contributed by atoms with E-state index in [-0.39, 0.29) is 12.2 Å². The molecule has 0 aliphatic carbocycles. The Hall–Kier alpha value is -2.08. The molecule has 0 saturated heterocycles. The van der Waals surface area contributed by atoms with Gasteiger partial charge >= 0.3 is 5.97 Å². The molecule has 2 rings (SSSR count). The molecule has 1 N–H and O–H groups in total. The van der Waals surface area contributed by atoms with E-state index in [2.05, 4.69) is 0 Å². The topological polar surface area (TPSA) is 46.5 Å². The number of thioether (sulfide) groups is 1. The van der Waals surface area contributed by atoms with Crippen molar-refractivity contribution >= 4 is 17.7 Å². The molecule has 6 heteroatoms. The molecule has 0 aliphatic heterocycles. The number of carboxylic acid groups (broad SMARTS) is 1. The molecule has 0 radical (unpaired) electrons. The standard InChI is InChI=1S/C15H12F2O3S/c16-11-4-5-14(13(17)9-11)21-7-6-20-12-3-1-2-10(8-12)15(18)19/h1-5,8-9H,6-7H2,(H,18,19). The van der Waals surface area contributed by atoms with Gasteiger partial charge in [0.25, 0.3) is 0 Å². The Morgan fingerprint density at radius 2 is 2.00 bits per heavy atom. The molecule has 2 aromatic rings. The first-order valence-electron chi connectivity index (χ1n) is 6.10. The zero-order chi connectivity index (χ0) is 15.2. The van der Waals surface area contributed by atoms with Gasteiger partial charge < -0.3 is 9.84 Å². The third kappa shape index (κ3) is 4.46. The van der Waals surface area contributed by atoms with Crippen molar-refractivity contribution in [1.82, 2.24) is 0 Å². The third-order valence-corrected chi connectivity index (χ3v) is 3.60. The van der Waals surface area contributed by atoms with Crippen LogP contribution in [0.3, 0.4) is 0 Å². The summed E-state index contributed by atoms with van der Waals surface area (Å²) in [6, 6.07) is 9.53. The first-order valence-corrected chi connectivity index (χ1v) is 7.09. The van der Waals surface area contributed by atoms with Crippen LogP contribution in [0.1, 0.15) is 10.4 Å². The fourth-order valence-electron chi connectivity index (χ4n) is 1.62. The van der Waals surface area contributed by atoms with E-state index < -0.39 is 17.6 Å². The van der Waals surface area contributed by atoms with Gasteiger partial charge in [-0.3, -0.25) is 0 Å². The SMILES string of the molecule is O=C(O)c1cccc(OCCSc2ccc(F)cc2F)c1. The average Bonchev–Trinajstić information content (AvgIpc) is 2.45. The van der Waals surface area contributed by atoms with Gasteiger partial charge in [0.15, 0.2) is 0 Å². The highest BCUT2D eigenvalue weighted by Crippen LogP contribution is 2.22. The van der Waals surface area contributed by atoms with E-state index in [9.17, 15) is 13.6 Å². The van der Waals surface area contributed by atoms with E-state index in [0.29, 0.717) is 16.4 Å². The highest BCUT2D eigenvalue weighted by Gasteiger charge is 2.06. The van der Waals surface area contributed by atoms with Gasteiger partial charge in [-0.15, -0.1) is 11.8 Å². The fourth-order valence-corrected chi connectivity index (χ4v) is 2.37. The van der Waals surface area contributed by atoms with Crippen molar-refractivity contribution in [2.75, 3.05) is 12.4 Å². The summed E-state index contributed by atoms with van der Waals surface area (Å²) < 4.78 is 31.5. The zero-order valence-electron chi connectivity index (χ0n) is 10.9. The minimum absolute atomic E-state index is 0.143. The quantitative estimate of drug-likeness (QED) is 0.650. The number of carbonyl (C=O) groups is 1. The first kappa shape index (κ1) is 15.3. The minimum Gasteiger partial charge on any atom is -0.493 e. The predicted octanol–water partition coefficient (Wildman–Crippen LogP) is 3.83. The number of aromatic carboxylic acids is 1. The molecule has 0 saturated carbocycles. The maximum absolute atomic E-state index is 13.4. The predicted molar refractivity (Wildman–Crippen MR) is 76.0 cm³/mol. The molecule has 0 heterocycles. The fraction of sp³-hybridized carbons (Fsp3) is 0.133. The molecule has 0 spiro atoms. The Bertz CT molecular complexity index is 647. The van der Waals surface area contributed by atoms with Crippen LogP contribution in [0.15, 0.2) is 47.4 Å². The molecule has 0 atom stereocenters. The summed E-state index contributed by atoms with van der Waals surface area (Å²) >= 11 is 1.20. The van der Waals surface area contributed by atoms with Gasteiger partial charge in [0, 0.05) is 16.7 Å². The van der Waals surface area contributed by atoms with Crippen LogP contribution in [-0.2, 0) is 0 Å². The molecule has 0 aliphatic rings. The molecular formula is C15H12F2O3S. The van der Waals surface area contributed by atoms with Gasteiger partial charge in [-0.25, -0.2) is 13.6 Å². The van der Waals surface area contributed by atoms with Crippen LogP contribution in [0.25, 0.3) is 0 Å². The van der Waals surface area contributed by atoms with E-state index in [1.54, 1.807) is 12.1 Å². The minimum atomic E-state index is -1.02.